The number of amides is 3. The van der Waals surface area contributed by atoms with E-state index in [2.05, 4.69) is 16.2 Å². The average Bonchev–Trinajstić information content (AvgIpc) is 2.70. The lowest BCUT2D eigenvalue weighted by atomic mass is 10.1. The van der Waals surface area contributed by atoms with Gasteiger partial charge in [-0.1, -0.05) is 42.5 Å². The van der Waals surface area contributed by atoms with Crippen molar-refractivity contribution in [1.29, 1.82) is 0 Å². The molecule has 0 aliphatic carbocycles. The van der Waals surface area contributed by atoms with Crippen LogP contribution in [0, 0.1) is 13.8 Å². The standard InChI is InChI=1S/C21H25N3O4/c1-15-8-9-16(2)18(12-15)28-14-21(27)24-23-20(26)11-10-19(25)22-13-17-6-4-3-5-7-17/h3-9,12H,10-11,13-14H2,1-2H3,(H,22,25)(H,23,26)(H,24,27). The van der Waals surface area contributed by atoms with Crippen molar-refractivity contribution in [3.8, 4) is 5.75 Å². The zero-order chi connectivity index (χ0) is 20.4. The number of carbonyl (C=O) groups is 3. The fourth-order valence-corrected chi connectivity index (χ4v) is 2.36. The number of nitrogens with one attached hydrogen (secondary N) is 3. The molecule has 28 heavy (non-hydrogen) atoms. The molecule has 0 fully saturated rings. The SMILES string of the molecule is Cc1ccc(C)c(OCC(=O)NNC(=O)CCC(=O)NCc2ccccc2)c1. The third-order valence-corrected chi connectivity index (χ3v) is 3.96. The van der Waals surface area contributed by atoms with E-state index in [4.69, 9.17) is 4.74 Å². The summed E-state index contributed by atoms with van der Waals surface area (Å²) in [5.74, 6) is -0.544. The molecule has 0 aliphatic heterocycles. The molecule has 0 saturated carbocycles. The molecule has 0 spiro atoms. The van der Waals surface area contributed by atoms with E-state index >= 15 is 0 Å². The second kappa shape index (κ2) is 10.7. The molecule has 2 aromatic rings. The van der Waals surface area contributed by atoms with Crippen LogP contribution in [0.25, 0.3) is 0 Å². The van der Waals surface area contributed by atoms with Crippen molar-refractivity contribution in [3.05, 3.63) is 65.2 Å². The average molecular weight is 383 g/mol. The van der Waals surface area contributed by atoms with Gasteiger partial charge in [-0.05, 0) is 36.6 Å². The zero-order valence-corrected chi connectivity index (χ0v) is 16.1. The van der Waals surface area contributed by atoms with Gasteiger partial charge in [-0.2, -0.15) is 0 Å². The van der Waals surface area contributed by atoms with Gasteiger partial charge in [0.2, 0.25) is 11.8 Å². The molecule has 2 aromatic carbocycles. The first-order chi connectivity index (χ1) is 13.4. The monoisotopic (exact) mass is 383 g/mol. The third kappa shape index (κ3) is 7.49. The summed E-state index contributed by atoms with van der Waals surface area (Å²) >= 11 is 0. The van der Waals surface area contributed by atoms with E-state index in [0.717, 1.165) is 16.7 Å². The van der Waals surface area contributed by atoms with Crippen molar-refractivity contribution in [3.63, 3.8) is 0 Å². The molecule has 0 saturated heterocycles. The number of aryl methyl sites for hydroxylation is 2. The lowest BCUT2D eigenvalue weighted by Gasteiger charge is -2.11. The minimum absolute atomic E-state index is 0.0290. The molecule has 0 unspecified atom stereocenters. The van der Waals surface area contributed by atoms with Crippen LogP contribution in [0.15, 0.2) is 48.5 Å². The summed E-state index contributed by atoms with van der Waals surface area (Å²) in [6, 6.07) is 15.2. The Bertz CT molecular complexity index is 822. The molecule has 0 atom stereocenters. The Kier molecular flexibility index (Phi) is 8.02. The lowest BCUT2D eigenvalue weighted by Crippen LogP contribution is -2.44. The maximum absolute atomic E-state index is 11.8. The summed E-state index contributed by atoms with van der Waals surface area (Å²) in [4.78, 5) is 35.3. The van der Waals surface area contributed by atoms with Crippen LogP contribution in [0.5, 0.6) is 5.75 Å². The minimum atomic E-state index is -0.484. The summed E-state index contributed by atoms with van der Waals surface area (Å²) < 4.78 is 5.46. The molecule has 0 aromatic heterocycles. The topological polar surface area (TPSA) is 96.5 Å². The van der Waals surface area contributed by atoms with Gasteiger partial charge in [0.05, 0.1) is 0 Å². The predicted octanol–water partition coefficient (Wildman–Crippen LogP) is 1.93. The fourth-order valence-electron chi connectivity index (χ4n) is 2.36. The van der Waals surface area contributed by atoms with Crippen molar-refractivity contribution < 1.29 is 19.1 Å². The van der Waals surface area contributed by atoms with Crippen molar-refractivity contribution in [1.82, 2.24) is 16.2 Å². The molecule has 3 amide bonds. The van der Waals surface area contributed by atoms with Crippen LogP contribution < -0.4 is 20.9 Å². The largest absolute Gasteiger partial charge is 0.483 e. The number of benzene rings is 2. The van der Waals surface area contributed by atoms with Crippen molar-refractivity contribution in [2.45, 2.75) is 33.2 Å². The molecule has 0 aliphatic rings. The Morgan fingerprint density at radius 1 is 0.857 bits per heavy atom. The maximum atomic E-state index is 11.8. The number of hydrazine groups is 1. The first-order valence-electron chi connectivity index (χ1n) is 9.02. The van der Waals surface area contributed by atoms with Crippen LogP contribution in [0.3, 0.4) is 0 Å². The van der Waals surface area contributed by atoms with Gasteiger partial charge in [-0.15, -0.1) is 0 Å². The first-order valence-corrected chi connectivity index (χ1v) is 9.02. The normalized spacial score (nSPS) is 10.1. The Labute approximate surface area is 164 Å². The molecule has 7 nitrogen and oxygen atoms in total. The fraction of sp³-hybridized carbons (Fsp3) is 0.286. The van der Waals surface area contributed by atoms with Gasteiger partial charge >= 0.3 is 0 Å². The second-order valence-electron chi connectivity index (χ2n) is 6.42. The highest BCUT2D eigenvalue weighted by molar-refractivity contribution is 5.86. The van der Waals surface area contributed by atoms with E-state index < -0.39 is 11.8 Å². The van der Waals surface area contributed by atoms with E-state index in [1.807, 2.05) is 62.4 Å². The summed E-state index contributed by atoms with van der Waals surface area (Å²) in [7, 11) is 0. The van der Waals surface area contributed by atoms with Gasteiger partial charge < -0.3 is 10.1 Å². The van der Waals surface area contributed by atoms with E-state index in [-0.39, 0.29) is 25.4 Å². The number of hydrogen-bond acceptors (Lipinski definition) is 4. The van der Waals surface area contributed by atoms with Crippen LogP contribution in [0.2, 0.25) is 0 Å². The summed E-state index contributed by atoms with van der Waals surface area (Å²) in [5, 5.41) is 2.74. The lowest BCUT2D eigenvalue weighted by molar-refractivity contribution is -0.131. The molecule has 0 heterocycles. The molecular formula is C21H25N3O4. The van der Waals surface area contributed by atoms with E-state index in [1.165, 1.54) is 0 Å². The third-order valence-electron chi connectivity index (χ3n) is 3.96. The van der Waals surface area contributed by atoms with Crippen molar-refractivity contribution >= 4 is 17.7 Å². The van der Waals surface area contributed by atoms with Crippen LogP contribution in [0.4, 0.5) is 0 Å². The summed E-state index contributed by atoms with van der Waals surface area (Å²) in [6.45, 7) is 4.01. The van der Waals surface area contributed by atoms with E-state index in [1.54, 1.807) is 0 Å². The van der Waals surface area contributed by atoms with Gasteiger partial charge in [0, 0.05) is 19.4 Å². The van der Waals surface area contributed by atoms with Crippen LogP contribution >= 0.6 is 0 Å². The van der Waals surface area contributed by atoms with Crippen LogP contribution in [-0.2, 0) is 20.9 Å². The maximum Gasteiger partial charge on any atom is 0.276 e. The molecule has 0 radical (unpaired) electrons. The highest BCUT2D eigenvalue weighted by Crippen LogP contribution is 2.18. The highest BCUT2D eigenvalue weighted by atomic mass is 16.5. The summed E-state index contributed by atoms with van der Waals surface area (Å²) in [5.41, 5.74) is 7.48. The number of ether oxygens (including phenoxy) is 1. The van der Waals surface area contributed by atoms with Gasteiger partial charge in [-0.3, -0.25) is 25.2 Å². The van der Waals surface area contributed by atoms with Crippen LogP contribution in [0.1, 0.15) is 29.5 Å². The van der Waals surface area contributed by atoms with Gasteiger partial charge in [0.15, 0.2) is 6.61 Å². The van der Waals surface area contributed by atoms with Crippen LogP contribution in [-0.4, -0.2) is 24.3 Å². The van der Waals surface area contributed by atoms with E-state index in [0.29, 0.717) is 12.3 Å². The number of hydrogen-bond donors (Lipinski definition) is 3. The Hall–Kier alpha value is -3.35. The Morgan fingerprint density at radius 2 is 1.54 bits per heavy atom. The van der Waals surface area contributed by atoms with Gasteiger partial charge in [-0.25, -0.2) is 0 Å². The predicted molar refractivity (Wildman–Crippen MR) is 105 cm³/mol. The minimum Gasteiger partial charge on any atom is -0.483 e. The zero-order valence-electron chi connectivity index (χ0n) is 16.1. The molecule has 148 valence electrons. The smallest absolute Gasteiger partial charge is 0.276 e. The van der Waals surface area contributed by atoms with Gasteiger partial charge in [0.1, 0.15) is 5.75 Å². The molecule has 3 N–H and O–H groups in total. The highest BCUT2D eigenvalue weighted by Gasteiger charge is 2.09. The number of carbonyl (C=O) groups excluding carboxylic acids is 3. The van der Waals surface area contributed by atoms with Crippen molar-refractivity contribution in [2.75, 3.05) is 6.61 Å². The molecule has 2 rings (SSSR count). The first kappa shape index (κ1) is 21.0. The molecule has 7 heteroatoms. The Balaban J connectivity index is 1.61. The molecular weight excluding hydrogens is 358 g/mol. The van der Waals surface area contributed by atoms with Gasteiger partial charge in [0.25, 0.3) is 5.91 Å². The van der Waals surface area contributed by atoms with Crippen molar-refractivity contribution in [2.24, 2.45) is 0 Å². The molecule has 0 bridgehead atoms. The van der Waals surface area contributed by atoms with E-state index in [9.17, 15) is 14.4 Å². The quantitative estimate of drug-likeness (QED) is 0.607. The Morgan fingerprint density at radius 3 is 2.29 bits per heavy atom. The summed E-state index contributed by atoms with van der Waals surface area (Å²) in [6.07, 6.45) is 0.00622. The second-order valence-corrected chi connectivity index (χ2v) is 6.42. The number of rotatable bonds is 8.